The fourth-order valence-electron chi connectivity index (χ4n) is 0.461. The maximum atomic E-state index is 5.20. The van der Waals surface area contributed by atoms with Crippen molar-refractivity contribution in [2.75, 3.05) is 12.3 Å². The first-order chi connectivity index (χ1) is 4.33. The molecule has 0 radical (unpaired) electrons. The summed E-state index contributed by atoms with van der Waals surface area (Å²) in [7, 11) is 0. The Bertz CT molecular complexity index is 184. The van der Waals surface area contributed by atoms with Crippen LogP contribution in [0.5, 0.6) is 0 Å². The average Bonchev–Trinajstić information content (AvgIpc) is 2.17. The summed E-state index contributed by atoms with van der Waals surface area (Å²) in [6.07, 6.45) is 1.50. The quantitative estimate of drug-likeness (QED) is 0.556. The van der Waals surface area contributed by atoms with Crippen LogP contribution in [-0.4, -0.2) is 11.8 Å². The summed E-state index contributed by atoms with van der Waals surface area (Å²) in [5.41, 5.74) is 9.06. The molecule has 0 amide bonds. The average molecular weight is 128 g/mol. The Kier molecular flexibility index (Phi) is 1.53. The zero-order chi connectivity index (χ0) is 6.69. The van der Waals surface area contributed by atoms with Gasteiger partial charge in [0.25, 0.3) is 12.1 Å². The largest absolute Gasteiger partial charge is 0.382 e. The number of nitrogens with zero attached hydrogens (tertiary/aromatic N) is 3. The van der Waals surface area contributed by atoms with Crippen LogP contribution in [0, 0.1) is 0 Å². The van der Waals surface area contributed by atoms with Crippen LogP contribution < -0.4 is 10.5 Å². The number of nitrogen functional groups attached to an aromatic ring is 1. The molecule has 0 saturated carbocycles. The van der Waals surface area contributed by atoms with Crippen molar-refractivity contribution in [1.29, 1.82) is 0 Å². The van der Waals surface area contributed by atoms with Crippen molar-refractivity contribution < 1.29 is 9.31 Å². The van der Waals surface area contributed by atoms with E-state index < -0.39 is 0 Å². The van der Waals surface area contributed by atoms with E-state index in [1.807, 2.05) is 6.92 Å². The molecule has 9 heavy (non-hydrogen) atoms. The predicted octanol–water partition coefficient (Wildman–Crippen LogP) is -0.299. The van der Waals surface area contributed by atoms with Gasteiger partial charge in [-0.2, -0.15) is 0 Å². The van der Waals surface area contributed by atoms with Gasteiger partial charge in [0, 0.05) is 6.54 Å². The fraction of sp³-hybridized carbons (Fsp3) is 0.500. The van der Waals surface area contributed by atoms with Crippen LogP contribution in [0.3, 0.4) is 0 Å². The Balaban J connectivity index is 2.61. The lowest BCUT2D eigenvalue weighted by molar-refractivity contribution is -0.696. The van der Waals surface area contributed by atoms with Gasteiger partial charge in [-0.1, -0.05) is 11.7 Å². The lowest BCUT2D eigenvalue weighted by Crippen LogP contribution is -2.30. The van der Waals surface area contributed by atoms with Crippen molar-refractivity contribution in [3.05, 3.63) is 11.6 Å². The van der Waals surface area contributed by atoms with E-state index in [9.17, 15) is 0 Å². The van der Waals surface area contributed by atoms with Crippen molar-refractivity contribution in [3.63, 3.8) is 0 Å². The molecule has 0 bridgehead atoms. The minimum Gasteiger partial charge on any atom is -0.382 e. The van der Waals surface area contributed by atoms with E-state index in [-0.39, 0.29) is 5.88 Å². The summed E-state index contributed by atoms with van der Waals surface area (Å²) >= 11 is 0. The zero-order valence-corrected chi connectivity index (χ0v) is 5.11. The van der Waals surface area contributed by atoms with E-state index in [1.54, 1.807) is 0 Å². The third-order valence-corrected chi connectivity index (χ3v) is 0.759. The van der Waals surface area contributed by atoms with Crippen LogP contribution in [-0.2, 0) is 0 Å². The highest BCUT2D eigenvalue weighted by molar-refractivity contribution is 5.11. The number of hydrogen-bond acceptors (Lipinski definition) is 3. The van der Waals surface area contributed by atoms with Crippen molar-refractivity contribution in [2.45, 2.75) is 6.92 Å². The minimum absolute atomic E-state index is 0.271. The van der Waals surface area contributed by atoms with Crippen molar-refractivity contribution in [2.24, 2.45) is 0 Å². The Hall–Kier alpha value is -1.26. The van der Waals surface area contributed by atoms with Gasteiger partial charge in [-0.25, -0.2) is 5.43 Å². The molecule has 0 aromatic carbocycles. The van der Waals surface area contributed by atoms with Crippen molar-refractivity contribution in [3.8, 4) is 0 Å². The maximum absolute atomic E-state index is 5.20. The molecule has 0 spiro atoms. The van der Waals surface area contributed by atoms with Gasteiger partial charge >= 0.3 is 0 Å². The second kappa shape index (κ2) is 2.34. The lowest BCUT2D eigenvalue weighted by Gasteiger charge is -1.90. The number of anilines is 1. The summed E-state index contributed by atoms with van der Waals surface area (Å²) in [5.74, 6) is 0.271. The molecule has 0 atom stereocenters. The number of nitrogens with two attached hydrogens (primary N) is 1. The number of aromatic nitrogens is 2. The van der Waals surface area contributed by atoms with E-state index in [0.717, 1.165) is 0 Å². The van der Waals surface area contributed by atoms with E-state index in [1.165, 1.54) is 11.0 Å². The summed E-state index contributed by atoms with van der Waals surface area (Å²) in [4.78, 5) is 1.30. The van der Waals surface area contributed by atoms with Gasteiger partial charge in [-0.05, 0) is 5.27 Å². The van der Waals surface area contributed by atoms with Gasteiger partial charge < -0.3 is 10.3 Å². The van der Waals surface area contributed by atoms with Crippen LogP contribution in [0.15, 0.2) is 10.7 Å². The van der Waals surface area contributed by atoms with E-state index in [2.05, 4.69) is 15.2 Å². The fourth-order valence-corrected chi connectivity index (χ4v) is 0.461. The van der Waals surface area contributed by atoms with Gasteiger partial charge in [0.1, 0.15) is 0 Å². The molecule has 1 heterocycles. The SMILES string of the molecule is CC[N-][n+]1cc(N)on1. The minimum atomic E-state index is 0.271. The zero-order valence-electron chi connectivity index (χ0n) is 5.11. The highest BCUT2D eigenvalue weighted by atomic mass is 16.5. The maximum Gasteiger partial charge on any atom is 0.265 e. The molecule has 2 N–H and O–H groups in total. The van der Waals surface area contributed by atoms with Crippen molar-refractivity contribution in [1.82, 2.24) is 5.27 Å². The lowest BCUT2D eigenvalue weighted by atomic mass is 10.8. The molecule has 0 fully saturated rings. The Morgan fingerprint density at radius 1 is 2.00 bits per heavy atom. The van der Waals surface area contributed by atoms with Gasteiger partial charge in [-0.3, -0.25) is 0 Å². The Morgan fingerprint density at radius 3 is 3.22 bits per heavy atom. The standard InChI is InChI=1S/C4H8N4O/c1-2-6-8-3-4(5)9-7-8/h3H,2,5H2,1H3. The topological polar surface area (TPSA) is 70.0 Å². The molecule has 1 aromatic heterocycles. The number of hydrogen-bond donors (Lipinski definition) is 1. The molecule has 0 saturated heterocycles. The highest BCUT2D eigenvalue weighted by Gasteiger charge is 1.95. The summed E-state index contributed by atoms with van der Waals surface area (Å²) in [5, 5.41) is 3.46. The predicted molar refractivity (Wildman–Crippen MR) is 30.4 cm³/mol. The monoisotopic (exact) mass is 128 g/mol. The molecular weight excluding hydrogens is 120 g/mol. The molecule has 0 aliphatic rings. The summed E-state index contributed by atoms with van der Waals surface area (Å²) in [6, 6.07) is 0. The van der Waals surface area contributed by atoms with E-state index in [4.69, 9.17) is 5.73 Å². The molecule has 50 valence electrons. The van der Waals surface area contributed by atoms with Crippen molar-refractivity contribution >= 4 is 5.88 Å². The van der Waals surface area contributed by atoms with Gasteiger partial charge in [-0.15, -0.1) is 0 Å². The molecule has 0 aliphatic heterocycles. The normalized spacial score (nSPS) is 9.44. The van der Waals surface area contributed by atoms with Crippen LogP contribution >= 0.6 is 0 Å². The molecule has 1 aromatic rings. The van der Waals surface area contributed by atoms with E-state index in [0.29, 0.717) is 6.54 Å². The van der Waals surface area contributed by atoms with Gasteiger partial charge in [0.15, 0.2) is 0 Å². The summed E-state index contributed by atoms with van der Waals surface area (Å²) < 4.78 is 4.51. The van der Waals surface area contributed by atoms with Crippen LogP contribution in [0.1, 0.15) is 6.92 Å². The van der Waals surface area contributed by atoms with Gasteiger partial charge in [0.2, 0.25) is 0 Å². The first kappa shape index (κ1) is 5.87. The smallest absolute Gasteiger partial charge is 0.265 e. The van der Waals surface area contributed by atoms with Crippen LogP contribution in [0.25, 0.3) is 5.43 Å². The third-order valence-electron chi connectivity index (χ3n) is 0.759. The van der Waals surface area contributed by atoms with Crippen LogP contribution in [0.2, 0.25) is 0 Å². The third kappa shape index (κ3) is 1.31. The van der Waals surface area contributed by atoms with Crippen LogP contribution in [0.4, 0.5) is 5.88 Å². The number of rotatable bonds is 2. The molecule has 5 nitrogen and oxygen atoms in total. The Labute approximate surface area is 52.4 Å². The highest BCUT2D eigenvalue weighted by Crippen LogP contribution is 1.90. The molecule has 5 heteroatoms. The van der Waals surface area contributed by atoms with E-state index >= 15 is 0 Å². The second-order valence-corrected chi connectivity index (χ2v) is 1.48. The second-order valence-electron chi connectivity index (χ2n) is 1.48. The molecule has 1 rings (SSSR count). The first-order valence-corrected chi connectivity index (χ1v) is 2.65. The Morgan fingerprint density at radius 2 is 2.78 bits per heavy atom. The first-order valence-electron chi connectivity index (χ1n) is 2.65. The molecule has 0 aliphatic carbocycles. The molecular formula is C4H8N4O. The molecule has 0 unspecified atom stereocenters. The summed E-state index contributed by atoms with van der Waals surface area (Å²) in [6.45, 7) is 2.56. The van der Waals surface area contributed by atoms with Gasteiger partial charge in [0.05, 0.1) is 0 Å².